The predicted octanol–water partition coefficient (Wildman–Crippen LogP) is 7.94. The van der Waals surface area contributed by atoms with Gasteiger partial charge in [-0.1, -0.05) is 90.0 Å². The number of halogens is 2. The molecule has 7 nitrogen and oxygen atoms in total. The molecule has 210 valence electrons. The quantitative estimate of drug-likeness (QED) is 0.0477. The van der Waals surface area contributed by atoms with Crippen LogP contribution in [0.4, 0.5) is 5.13 Å². The molecular weight excluding hydrogens is 601 g/mol. The zero-order valence-electron chi connectivity index (χ0n) is 21.9. The molecular formula is C30H25Cl2N3O4S2. The van der Waals surface area contributed by atoms with E-state index in [0.29, 0.717) is 43.6 Å². The van der Waals surface area contributed by atoms with E-state index in [4.69, 9.17) is 27.9 Å². The fourth-order valence-electron chi connectivity index (χ4n) is 4.33. The highest BCUT2D eigenvalue weighted by atomic mass is 35.5. The Balaban J connectivity index is 1.49. The molecule has 1 fully saturated rings. The molecule has 41 heavy (non-hydrogen) atoms. The summed E-state index contributed by atoms with van der Waals surface area (Å²) < 4.78 is 6.32. The van der Waals surface area contributed by atoms with Crippen LogP contribution >= 0.6 is 46.3 Å². The number of carbonyl (C=O) groups excluding carboxylic acids is 2. The summed E-state index contributed by atoms with van der Waals surface area (Å²) >= 11 is 15.2. The van der Waals surface area contributed by atoms with Gasteiger partial charge in [0.05, 0.1) is 18.2 Å². The number of benzene rings is 3. The number of hydrogen-bond donors (Lipinski definition) is 1. The van der Waals surface area contributed by atoms with Crippen molar-refractivity contribution in [1.82, 2.24) is 10.2 Å². The van der Waals surface area contributed by atoms with Crippen molar-refractivity contribution in [2.45, 2.75) is 35.9 Å². The van der Waals surface area contributed by atoms with Crippen LogP contribution in [0.5, 0.6) is 5.75 Å². The number of ether oxygens (including phenoxy) is 1. The smallest absolute Gasteiger partial charge is 0.301 e. The van der Waals surface area contributed by atoms with Gasteiger partial charge in [0.25, 0.3) is 5.78 Å². The first-order valence-electron chi connectivity index (χ1n) is 12.9. The summed E-state index contributed by atoms with van der Waals surface area (Å²) in [5.41, 5.74) is 1.82. The van der Waals surface area contributed by atoms with E-state index in [1.807, 2.05) is 24.3 Å². The van der Waals surface area contributed by atoms with Gasteiger partial charge in [-0.25, -0.2) is 0 Å². The van der Waals surface area contributed by atoms with Crippen LogP contribution in [0, 0.1) is 0 Å². The summed E-state index contributed by atoms with van der Waals surface area (Å²) in [6.45, 7) is 2.67. The van der Waals surface area contributed by atoms with Gasteiger partial charge in [0, 0.05) is 21.4 Å². The van der Waals surface area contributed by atoms with Gasteiger partial charge in [-0.15, -0.1) is 10.2 Å². The first-order chi connectivity index (χ1) is 19.9. The van der Waals surface area contributed by atoms with Gasteiger partial charge >= 0.3 is 5.91 Å². The van der Waals surface area contributed by atoms with Crippen LogP contribution in [-0.4, -0.2) is 33.6 Å². The molecule has 0 bridgehead atoms. The number of Topliss-reactive ketones (excluding diaryl/α,β-unsaturated/α-hetero) is 1. The summed E-state index contributed by atoms with van der Waals surface area (Å²) in [5.74, 6) is -0.722. The van der Waals surface area contributed by atoms with Crippen LogP contribution in [-0.2, 0) is 15.3 Å². The molecule has 1 N–H and O–H groups in total. The summed E-state index contributed by atoms with van der Waals surface area (Å²) in [4.78, 5) is 28.2. The van der Waals surface area contributed by atoms with Gasteiger partial charge < -0.3 is 9.84 Å². The zero-order valence-corrected chi connectivity index (χ0v) is 25.1. The second kappa shape index (κ2) is 13.1. The van der Waals surface area contributed by atoms with E-state index >= 15 is 0 Å². The molecule has 1 amide bonds. The average Bonchev–Trinajstić information content (AvgIpc) is 3.54. The highest BCUT2D eigenvalue weighted by Crippen LogP contribution is 2.44. The number of rotatable bonds is 10. The minimum absolute atomic E-state index is 0.0580. The van der Waals surface area contributed by atoms with Gasteiger partial charge in [0.15, 0.2) is 4.34 Å². The Bertz CT molecular complexity index is 1610. The number of unbranched alkanes of at least 4 members (excludes halogenated alkanes) is 1. The Labute approximate surface area is 255 Å². The van der Waals surface area contributed by atoms with Gasteiger partial charge in [-0.05, 0) is 60.0 Å². The number of nitrogens with zero attached hydrogens (tertiary/aromatic N) is 3. The maximum Gasteiger partial charge on any atom is 0.301 e. The number of anilines is 1. The number of aliphatic hydroxyl groups is 1. The van der Waals surface area contributed by atoms with E-state index < -0.39 is 17.7 Å². The molecule has 0 spiro atoms. The third-order valence-corrected chi connectivity index (χ3v) is 9.12. The van der Waals surface area contributed by atoms with Crippen molar-refractivity contribution < 1.29 is 19.4 Å². The standard InChI is InChI=1S/C30H25Cl2N3O4S2/c1-2-3-15-39-22-13-11-18(12-14-22)26(36)24-25(19-8-6-9-21(31)16-19)35(28(38)27(24)37)29-33-34-30(41-29)40-17-20-7-4-5-10-23(20)32/h4-14,16,25,36H,2-3,15,17H2,1H3/b26-24+. The van der Waals surface area contributed by atoms with Gasteiger partial charge in [0.2, 0.25) is 5.13 Å². The van der Waals surface area contributed by atoms with Crippen molar-refractivity contribution >= 4 is 68.9 Å². The first kappa shape index (κ1) is 29.1. The highest BCUT2D eigenvalue weighted by Gasteiger charge is 2.48. The van der Waals surface area contributed by atoms with Crippen molar-refractivity contribution in [3.05, 3.63) is 105 Å². The third-order valence-electron chi connectivity index (χ3n) is 6.41. The molecule has 0 radical (unpaired) electrons. The Morgan fingerprint density at radius 3 is 2.56 bits per heavy atom. The predicted molar refractivity (Wildman–Crippen MR) is 164 cm³/mol. The topological polar surface area (TPSA) is 92.6 Å². The summed E-state index contributed by atoms with van der Waals surface area (Å²) in [7, 11) is 0. The molecule has 4 aromatic rings. The minimum Gasteiger partial charge on any atom is -0.507 e. The summed E-state index contributed by atoms with van der Waals surface area (Å²) in [6, 6.07) is 20.2. The van der Waals surface area contributed by atoms with Gasteiger partial charge in [-0.3, -0.25) is 14.5 Å². The average molecular weight is 627 g/mol. The molecule has 5 rings (SSSR count). The lowest BCUT2D eigenvalue weighted by atomic mass is 9.95. The Morgan fingerprint density at radius 1 is 1.05 bits per heavy atom. The Hall–Kier alpha value is -3.37. The number of aromatic nitrogens is 2. The fraction of sp³-hybridized carbons (Fsp3) is 0.200. The molecule has 0 aliphatic carbocycles. The van der Waals surface area contributed by atoms with Crippen LogP contribution in [0.2, 0.25) is 10.0 Å². The Kier molecular flexibility index (Phi) is 9.29. The maximum atomic E-state index is 13.4. The zero-order chi connectivity index (χ0) is 28.9. The van der Waals surface area contributed by atoms with E-state index in [1.54, 1.807) is 48.5 Å². The number of aliphatic hydroxyl groups excluding tert-OH is 1. The molecule has 1 aliphatic heterocycles. The molecule has 1 saturated heterocycles. The fourth-order valence-corrected chi connectivity index (χ4v) is 6.69. The van der Waals surface area contributed by atoms with E-state index in [0.717, 1.165) is 18.4 Å². The number of carbonyl (C=O) groups is 2. The van der Waals surface area contributed by atoms with Crippen molar-refractivity contribution in [3.63, 3.8) is 0 Å². The third kappa shape index (κ3) is 6.43. The van der Waals surface area contributed by atoms with Crippen molar-refractivity contribution in [3.8, 4) is 5.75 Å². The highest BCUT2D eigenvalue weighted by molar-refractivity contribution is 8.00. The van der Waals surface area contributed by atoms with Crippen molar-refractivity contribution in [2.75, 3.05) is 11.5 Å². The van der Waals surface area contributed by atoms with E-state index in [1.165, 1.54) is 28.0 Å². The summed E-state index contributed by atoms with van der Waals surface area (Å²) in [6.07, 6.45) is 1.94. The normalized spacial score (nSPS) is 16.4. The van der Waals surface area contributed by atoms with Crippen LogP contribution in [0.1, 0.15) is 42.5 Å². The lowest BCUT2D eigenvalue weighted by Gasteiger charge is -2.22. The second-order valence-corrected chi connectivity index (χ2v) is 12.2. The van der Waals surface area contributed by atoms with E-state index in [2.05, 4.69) is 17.1 Å². The monoisotopic (exact) mass is 625 g/mol. The number of amides is 1. The molecule has 11 heteroatoms. The summed E-state index contributed by atoms with van der Waals surface area (Å²) in [5, 5.41) is 21.2. The number of hydrogen-bond acceptors (Lipinski definition) is 8. The first-order valence-corrected chi connectivity index (χ1v) is 15.4. The van der Waals surface area contributed by atoms with Crippen LogP contribution in [0.15, 0.2) is 82.7 Å². The van der Waals surface area contributed by atoms with Crippen LogP contribution < -0.4 is 9.64 Å². The van der Waals surface area contributed by atoms with Crippen molar-refractivity contribution in [1.29, 1.82) is 0 Å². The SMILES string of the molecule is CCCCOc1ccc(/C(O)=C2\C(=O)C(=O)N(c3nnc(SCc4ccccc4Cl)s3)C2c2cccc(Cl)c2)cc1. The maximum absolute atomic E-state index is 13.4. The van der Waals surface area contributed by atoms with Crippen molar-refractivity contribution in [2.24, 2.45) is 0 Å². The van der Waals surface area contributed by atoms with Gasteiger partial charge in [0.1, 0.15) is 11.5 Å². The molecule has 1 aliphatic rings. The molecule has 1 aromatic heterocycles. The Morgan fingerprint density at radius 2 is 1.83 bits per heavy atom. The molecule has 2 heterocycles. The molecule has 1 unspecified atom stereocenters. The van der Waals surface area contributed by atoms with Crippen LogP contribution in [0.3, 0.4) is 0 Å². The molecule has 3 aromatic carbocycles. The van der Waals surface area contributed by atoms with Gasteiger partial charge in [-0.2, -0.15) is 0 Å². The number of ketones is 1. The largest absolute Gasteiger partial charge is 0.507 e. The van der Waals surface area contributed by atoms with E-state index in [9.17, 15) is 14.7 Å². The van der Waals surface area contributed by atoms with Crippen LogP contribution in [0.25, 0.3) is 5.76 Å². The number of thioether (sulfide) groups is 1. The lowest BCUT2D eigenvalue weighted by Crippen LogP contribution is -2.29. The van der Waals surface area contributed by atoms with E-state index in [-0.39, 0.29) is 16.5 Å². The second-order valence-electron chi connectivity index (χ2n) is 9.18. The molecule has 1 atom stereocenters. The lowest BCUT2D eigenvalue weighted by molar-refractivity contribution is -0.132. The minimum atomic E-state index is -0.955. The molecule has 0 saturated carbocycles.